The first-order valence-electron chi connectivity index (χ1n) is 5.73. The van der Waals surface area contributed by atoms with Crippen LogP contribution in [0.3, 0.4) is 0 Å². The van der Waals surface area contributed by atoms with E-state index in [4.69, 9.17) is 4.74 Å². The molecule has 2 aliphatic heterocycles. The van der Waals surface area contributed by atoms with Gasteiger partial charge in [-0.15, -0.1) is 0 Å². The second kappa shape index (κ2) is 4.67. The van der Waals surface area contributed by atoms with Crippen molar-refractivity contribution in [2.45, 2.75) is 6.04 Å². The van der Waals surface area contributed by atoms with E-state index in [-0.39, 0.29) is 5.91 Å². The minimum absolute atomic E-state index is 0.0102. The van der Waals surface area contributed by atoms with Crippen molar-refractivity contribution in [1.29, 1.82) is 0 Å². The predicted molar refractivity (Wildman–Crippen MR) is 62.0 cm³/mol. The summed E-state index contributed by atoms with van der Waals surface area (Å²) in [5.74, 6) is -0.0102. The number of aromatic nitrogens is 2. The molecule has 1 unspecified atom stereocenters. The van der Waals surface area contributed by atoms with Gasteiger partial charge in [0.1, 0.15) is 0 Å². The zero-order chi connectivity index (χ0) is 11.7. The Morgan fingerprint density at radius 2 is 2.41 bits per heavy atom. The minimum atomic E-state index is -0.0102. The Hall–Kier alpha value is -1.05. The van der Waals surface area contributed by atoms with Crippen LogP contribution >= 0.6 is 11.7 Å². The maximum atomic E-state index is 12.1. The van der Waals surface area contributed by atoms with Crippen LogP contribution in [0.2, 0.25) is 0 Å². The van der Waals surface area contributed by atoms with E-state index in [1.165, 1.54) is 6.20 Å². The van der Waals surface area contributed by atoms with Crippen molar-refractivity contribution in [1.82, 2.24) is 18.5 Å². The van der Waals surface area contributed by atoms with E-state index < -0.39 is 0 Å². The van der Waals surface area contributed by atoms with Gasteiger partial charge in [-0.05, 0) is 0 Å². The van der Waals surface area contributed by atoms with Gasteiger partial charge in [0.15, 0.2) is 5.69 Å². The first-order valence-corrected chi connectivity index (χ1v) is 6.46. The van der Waals surface area contributed by atoms with Gasteiger partial charge in [0.25, 0.3) is 5.91 Å². The number of ether oxygens (including phenoxy) is 1. The third-order valence-corrected chi connectivity index (χ3v) is 3.78. The van der Waals surface area contributed by atoms with Crippen LogP contribution in [-0.4, -0.2) is 69.9 Å². The van der Waals surface area contributed by atoms with E-state index in [1.54, 1.807) is 0 Å². The molecule has 17 heavy (non-hydrogen) atoms. The summed E-state index contributed by atoms with van der Waals surface area (Å²) >= 11 is 1.07. The summed E-state index contributed by atoms with van der Waals surface area (Å²) < 4.78 is 13.3. The molecule has 1 amide bonds. The fourth-order valence-corrected chi connectivity index (χ4v) is 2.76. The molecule has 2 aliphatic rings. The van der Waals surface area contributed by atoms with E-state index in [0.29, 0.717) is 11.7 Å². The van der Waals surface area contributed by atoms with E-state index in [2.05, 4.69) is 13.6 Å². The Kier molecular flexibility index (Phi) is 3.04. The molecule has 1 atom stereocenters. The van der Waals surface area contributed by atoms with Crippen LogP contribution in [0.25, 0.3) is 0 Å². The van der Waals surface area contributed by atoms with Crippen molar-refractivity contribution in [3.05, 3.63) is 11.9 Å². The lowest BCUT2D eigenvalue weighted by molar-refractivity contribution is -0.0395. The number of rotatable bonds is 1. The Bertz CT molecular complexity index is 397. The van der Waals surface area contributed by atoms with Gasteiger partial charge in [-0.3, -0.25) is 9.69 Å². The summed E-state index contributed by atoms with van der Waals surface area (Å²) in [6.45, 7) is 4.94. The third-order valence-electron chi connectivity index (χ3n) is 3.31. The lowest BCUT2D eigenvalue weighted by Crippen LogP contribution is -2.59. The van der Waals surface area contributed by atoms with Crippen LogP contribution in [0.15, 0.2) is 6.20 Å². The van der Waals surface area contributed by atoms with Gasteiger partial charge in [0, 0.05) is 26.2 Å². The smallest absolute Gasteiger partial charge is 0.275 e. The summed E-state index contributed by atoms with van der Waals surface area (Å²) in [6, 6.07) is 0.341. The average molecular weight is 254 g/mol. The van der Waals surface area contributed by atoms with E-state index in [9.17, 15) is 4.79 Å². The number of hydrogen-bond donors (Lipinski definition) is 0. The molecule has 0 N–H and O–H groups in total. The number of carbonyl (C=O) groups excluding carboxylic acids is 1. The van der Waals surface area contributed by atoms with Gasteiger partial charge in [0.05, 0.1) is 37.2 Å². The van der Waals surface area contributed by atoms with Crippen LogP contribution in [0.5, 0.6) is 0 Å². The van der Waals surface area contributed by atoms with Gasteiger partial charge < -0.3 is 9.64 Å². The molecule has 0 radical (unpaired) electrons. The first kappa shape index (κ1) is 11.1. The van der Waals surface area contributed by atoms with Crippen molar-refractivity contribution in [2.24, 2.45) is 0 Å². The Morgan fingerprint density at radius 1 is 1.47 bits per heavy atom. The zero-order valence-electron chi connectivity index (χ0n) is 9.41. The standard InChI is InChI=1S/C10H14N4O2S/c15-10(9-5-11-17-12-9)14-2-1-13-3-4-16-7-8(13)6-14/h5,8H,1-4,6-7H2. The lowest BCUT2D eigenvalue weighted by atomic mass is 10.1. The largest absolute Gasteiger partial charge is 0.378 e. The van der Waals surface area contributed by atoms with Crippen molar-refractivity contribution in [3.8, 4) is 0 Å². The highest BCUT2D eigenvalue weighted by atomic mass is 32.1. The summed E-state index contributed by atoms with van der Waals surface area (Å²) in [7, 11) is 0. The maximum absolute atomic E-state index is 12.1. The number of fused-ring (bicyclic) bond motifs is 1. The number of morpholine rings is 1. The normalized spacial score (nSPS) is 25.6. The van der Waals surface area contributed by atoms with E-state index >= 15 is 0 Å². The third kappa shape index (κ3) is 2.18. The molecule has 0 aromatic carbocycles. The fourth-order valence-electron chi connectivity index (χ4n) is 2.35. The van der Waals surface area contributed by atoms with Gasteiger partial charge in [-0.1, -0.05) is 0 Å². The Labute approximate surface area is 103 Å². The molecule has 2 saturated heterocycles. The van der Waals surface area contributed by atoms with E-state index in [0.717, 1.165) is 51.1 Å². The Morgan fingerprint density at radius 3 is 3.24 bits per heavy atom. The topological polar surface area (TPSA) is 58.6 Å². The summed E-state index contributed by atoms with van der Waals surface area (Å²) in [5, 5.41) is 0. The monoisotopic (exact) mass is 254 g/mol. The average Bonchev–Trinajstić information content (AvgIpc) is 2.91. The molecule has 92 valence electrons. The second-order valence-corrected chi connectivity index (χ2v) is 4.87. The minimum Gasteiger partial charge on any atom is -0.378 e. The van der Waals surface area contributed by atoms with Gasteiger partial charge in [-0.2, -0.15) is 8.75 Å². The lowest BCUT2D eigenvalue weighted by Gasteiger charge is -2.43. The first-order chi connectivity index (χ1) is 8.34. The van der Waals surface area contributed by atoms with E-state index in [1.807, 2.05) is 4.90 Å². The number of carbonyl (C=O) groups is 1. The van der Waals surface area contributed by atoms with Crippen LogP contribution in [0.1, 0.15) is 10.5 Å². The number of nitrogens with zero attached hydrogens (tertiary/aromatic N) is 4. The number of piperazine rings is 1. The summed E-state index contributed by atoms with van der Waals surface area (Å²) in [4.78, 5) is 16.4. The van der Waals surface area contributed by atoms with Crippen molar-refractivity contribution in [3.63, 3.8) is 0 Å². The van der Waals surface area contributed by atoms with Gasteiger partial charge in [-0.25, -0.2) is 0 Å². The van der Waals surface area contributed by atoms with Crippen LogP contribution in [-0.2, 0) is 4.74 Å². The summed E-state index contributed by atoms with van der Waals surface area (Å²) in [5.41, 5.74) is 0.458. The molecule has 3 rings (SSSR count). The molecule has 7 heteroatoms. The molecule has 6 nitrogen and oxygen atoms in total. The molecule has 0 spiro atoms. The number of amides is 1. The maximum Gasteiger partial charge on any atom is 0.275 e. The highest BCUT2D eigenvalue weighted by molar-refractivity contribution is 6.99. The highest BCUT2D eigenvalue weighted by Crippen LogP contribution is 2.15. The molecule has 1 aromatic heterocycles. The fraction of sp³-hybridized carbons (Fsp3) is 0.700. The van der Waals surface area contributed by atoms with Crippen LogP contribution in [0, 0.1) is 0 Å². The second-order valence-electron chi connectivity index (χ2n) is 4.31. The van der Waals surface area contributed by atoms with Gasteiger partial charge >= 0.3 is 0 Å². The molecule has 0 bridgehead atoms. The van der Waals surface area contributed by atoms with Crippen molar-refractivity contribution in [2.75, 3.05) is 39.4 Å². The highest BCUT2D eigenvalue weighted by Gasteiger charge is 2.32. The zero-order valence-corrected chi connectivity index (χ0v) is 10.2. The van der Waals surface area contributed by atoms with Crippen molar-refractivity contribution < 1.29 is 9.53 Å². The quantitative estimate of drug-likeness (QED) is 0.688. The molecular formula is C10H14N4O2S. The SMILES string of the molecule is O=C(c1cnsn1)N1CCN2CCOCC2C1. The van der Waals surface area contributed by atoms with Crippen LogP contribution < -0.4 is 0 Å². The van der Waals surface area contributed by atoms with Crippen LogP contribution in [0.4, 0.5) is 0 Å². The van der Waals surface area contributed by atoms with Crippen molar-refractivity contribution >= 4 is 17.6 Å². The molecular weight excluding hydrogens is 240 g/mol. The molecule has 1 aromatic rings. The summed E-state index contributed by atoms with van der Waals surface area (Å²) in [6.07, 6.45) is 1.54. The molecule has 0 aliphatic carbocycles. The molecule has 2 fully saturated rings. The predicted octanol–water partition coefficient (Wildman–Crippen LogP) is -0.305. The number of hydrogen-bond acceptors (Lipinski definition) is 6. The molecule has 0 saturated carbocycles. The molecule has 3 heterocycles. The Balaban J connectivity index is 1.67. The van der Waals surface area contributed by atoms with Gasteiger partial charge in [0.2, 0.25) is 0 Å².